The second kappa shape index (κ2) is 7.43. The Labute approximate surface area is 150 Å². The fraction of sp³-hybridized carbons (Fsp3) is 0.421. The van der Waals surface area contributed by atoms with E-state index in [1.54, 1.807) is 6.21 Å². The molecule has 1 saturated carbocycles. The first-order valence-corrected chi connectivity index (χ1v) is 8.70. The van der Waals surface area contributed by atoms with Crippen LogP contribution in [0.1, 0.15) is 43.9 Å². The molecule has 1 aromatic heterocycles. The number of aliphatic imine (C=N–C) groups is 1. The predicted molar refractivity (Wildman–Crippen MR) is 96.6 cm³/mol. The van der Waals surface area contributed by atoms with Crippen molar-refractivity contribution in [3.8, 4) is 0 Å². The standard InChI is InChI=1S/C19H21F3N4/c1-2-3-12-6-15(7-12)24-10-13(9-23)18-11-25-16-5-4-14(19(20,21)22)8-17(16)26-18/h4-5,8-12,15H,2-3,6-7,23H2,1H3. The number of allylic oxidation sites excluding steroid dienone is 1. The zero-order valence-corrected chi connectivity index (χ0v) is 14.5. The summed E-state index contributed by atoms with van der Waals surface area (Å²) in [7, 11) is 0. The molecule has 0 aliphatic heterocycles. The minimum atomic E-state index is -4.42. The van der Waals surface area contributed by atoms with E-state index in [1.165, 1.54) is 31.3 Å². The minimum absolute atomic E-state index is 0.178. The maximum atomic E-state index is 12.9. The van der Waals surface area contributed by atoms with Gasteiger partial charge in [-0.2, -0.15) is 13.2 Å². The van der Waals surface area contributed by atoms with Crippen LogP contribution in [0.3, 0.4) is 0 Å². The van der Waals surface area contributed by atoms with E-state index in [9.17, 15) is 13.2 Å². The lowest BCUT2D eigenvalue weighted by Crippen LogP contribution is -2.27. The van der Waals surface area contributed by atoms with Gasteiger partial charge >= 0.3 is 6.18 Å². The number of halogens is 3. The monoisotopic (exact) mass is 362 g/mol. The lowest BCUT2D eigenvalue weighted by atomic mass is 9.78. The quantitative estimate of drug-likeness (QED) is 0.791. The summed E-state index contributed by atoms with van der Waals surface area (Å²) in [6, 6.07) is 3.60. The summed E-state index contributed by atoms with van der Waals surface area (Å²) in [6.45, 7) is 2.18. The lowest BCUT2D eigenvalue weighted by molar-refractivity contribution is -0.137. The molecule has 0 amide bonds. The topological polar surface area (TPSA) is 64.2 Å². The molecule has 0 bridgehead atoms. The largest absolute Gasteiger partial charge is 0.416 e. The van der Waals surface area contributed by atoms with E-state index in [-0.39, 0.29) is 11.6 Å². The van der Waals surface area contributed by atoms with Crippen LogP contribution in [0.5, 0.6) is 0 Å². The van der Waals surface area contributed by atoms with Gasteiger partial charge in [0.15, 0.2) is 0 Å². The van der Waals surface area contributed by atoms with Gasteiger partial charge in [0.05, 0.1) is 34.5 Å². The molecule has 3 rings (SSSR count). The zero-order chi connectivity index (χ0) is 18.7. The average Bonchev–Trinajstić information content (AvgIpc) is 2.58. The van der Waals surface area contributed by atoms with E-state index in [0.29, 0.717) is 16.8 Å². The van der Waals surface area contributed by atoms with E-state index in [0.717, 1.165) is 30.9 Å². The maximum Gasteiger partial charge on any atom is 0.416 e. The van der Waals surface area contributed by atoms with E-state index >= 15 is 0 Å². The molecule has 2 N–H and O–H groups in total. The Morgan fingerprint density at radius 2 is 2.08 bits per heavy atom. The number of hydrogen-bond donors (Lipinski definition) is 1. The van der Waals surface area contributed by atoms with Crippen LogP contribution in [-0.2, 0) is 6.18 Å². The Morgan fingerprint density at radius 1 is 1.31 bits per heavy atom. The first-order valence-electron chi connectivity index (χ1n) is 8.70. The molecule has 1 aliphatic carbocycles. The molecule has 4 nitrogen and oxygen atoms in total. The molecule has 0 saturated heterocycles. The molecular weight excluding hydrogens is 341 g/mol. The summed E-state index contributed by atoms with van der Waals surface area (Å²) in [4.78, 5) is 13.0. The number of nitrogens with zero attached hydrogens (tertiary/aromatic N) is 3. The van der Waals surface area contributed by atoms with Crippen LogP contribution in [-0.4, -0.2) is 22.2 Å². The fourth-order valence-electron chi connectivity index (χ4n) is 3.17. The van der Waals surface area contributed by atoms with Gasteiger partial charge in [0, 0.05) is 18.0 Å². The molecule has 1 aliphatic rings. The number of alkyl halides is 3. The average molecular weight is 362 g/mol. The number of hydrogen-bond acceptors (Lipinski definition) is 4. The molecule has 26 heavy (non-hydrogen) atoms. The summed E-state index contributed by atoms with van der Waals surface area (Å²) < 4.78 is 38.6. The number of rotatable bonds is 5. The molecule has 138 valence electrons. The number of nitrogens with two attached hydrogens (primary N) is 1. The summed E-state index contributed by atoms with van der Waals surface area (Å²) >= 11 is 0. The number of fused-ring (bicyclic) bond motifs is 1. The van der Waals surface area contributed by atoms with Crippen LogP contribution >= 0.6 is 0 Å². The highest BCUT2D eigenvalue weighted by Gasteiger charge is 2.30. The molecule has 7 heteroatoms. The smallest absolute Gasteiger partial charge is 0.404 e. The number of aromatic nitrogens is 2. The molecular formula is C19H21F3N4. The van der Waals surface area contributed by atoms with Crippen LogP contribution in [0.15, 0.2) is 35.6 Å². The minimum Gasteiger partial charge on any atom is -0.404 e. The van der Waals surface area contributed by atoms with Crippen LogP contribution in [0.4, 0.5) is 13.2 Å². The van der Waals surface area contributed by atoms with Crippen LogP contribution in [0.2, 0.25) is 0 Å². The highest BCUT2D eigenvalue weighted by molar-refractivity contribution is 6.09. The van der Waals surface area contributed by atoms with Crippen molar-refractivity contribution >= 4 is 22.8 Å². The Bertz CT molecular complexity index is 836. The Balaban J connectivity index is 1.79. The first-order chi connectivity index (χ1) is 12.4. The molecule has 1 heterocycles. The van der Waals surface area contributed by atoms with Crippen molar-refractivity contribution in [2.45, 2.75) is 44.8 Å². The van der Waals surface area contributed by atoms with Gasteiger partial charge in [-0.1, -0.05) is 19.8 Å². The molecule has 0 spiro atoms. The fourth-order valence-corrected chi connectivity index (χ4v) is 3.17. The SMILES string of the molecule is CCCC1CC(N=CC(=CN)c2cnc3ccc(C(F)(F)F)cc3n2)C1. The van der Waals surface area contributed by atoms with Crippen LogP contribution in [0, 0.1) is 5.92 Å². The molecule has 2 aromatic rings. The van der Waals surface area contributed by atoms with Gasteiger partial charge < -0.3 is 5.73 Å². The van der Waals surface area contributed by atoms with E-state index in [4.69, 9.17) is 5.73 Å². The van der Waals surface area contributed by atoms with Gasteiger partial charge in [-0.3, -0.25) is 9.98 Å². The van der Waals surface area contributed by atoms with Gasteiger partial charge in [-0.05, 0) is 37.0 Å². The number of benzene rings is 1. The summed E-state index contributed by atoms with van der Waals surface area (Å²) in [6.07, 6.45) is 4.64. The van der Waals surface area contributed by atoms with Gasteiger partial charge in [-0.25, -0.2) is 4.98 Å². The van der Waals surface area contributed by atoms with E-state index in [1.807, 2.05) is 0 Å². The van der Waals surface area contributed by atoms with Gasteiger partial charge in [0.1, 0.15) is 0 Å². The highest BCUT2D eigenvalue weighted by atomic mass is 19.4. The summed E-state index contributed by atoms with van der Waals surface area (Å²) in [5.74, 6) is 0.744. The molecule has 0 radical (unpaired) electrons. The second-order valence-corrected chi connectivity index (χ2v) is 6.64. The summed E-state index contributed by atoms with van der Waals surface area (Å²) in [5, 5.41) is 0. The third-order valence-corrected chi connectivity index (χ3v) is 4.68. The predicted octanol–water partition coefficient (Wildman–Crippen LogP) is 4.60. The second-order valence-electron chi connectivity index (χ2n) is 6.64. The maximum absolute atomic E-state index is 12.9. The van der Waals surface area contributed by atoms with Crippen molar-refractivity contribution in [1.29, 1.82) is 0 Å². The summed E-state index contributed by atoms with van der Waals surface area (Å²) in [5.41, 5.74) is 6.46. The Morgan fingerprint density at radius 3 is 2.73 bits per heavy atom. The Kier molecular flexibility index (Phi) is 5.25. The zero-order valence-electron chi connectivity index (χ0n) is 14.5. The van der Waals surface area contributed by atoms with Crippen molar-refractivity contribution in [2.24, 2.45) is 16.6 Å². The highest BCUT2D eigenvalue weighted by Crippen LogP contribution is 2.34. The van der Waals surface area contributed by atoms with E-state index in [2.05, 4.69) is 21.9 Å². The van der Waals surface area contributed by atoms with E-state index < -0.39 is 11.7 Å². The normalized spacial score (nSPS) is 21.3. The van der Waals surface area contributed by atoms with Crippen molar-refractivity contribution < 1.29 is 13.2 Å². The van der Waals surface area contributed by atoms with Crippen molar-refractivity contribution in [1.82, 2.24) is 9.97 Å². The van der Waals surface area contributed by atoms with Gasteiger partial charge in [-0.15, -0.1) is 0 Å². The third-order valence-electron chi connectivity index (χ3n) is 4.68. The molecule has 0 atom stereocenters. The van der Waals surface area contributed by atoms with Gasteiger partial charge in [0.2, 0.25) is 0 Å². The van der Waals surface area contributed by atoms with Crippen molar-refractivity contribution in [3.05, 3.63) is 41.9 Å². The third kappa shape index (κ3) is 4.03. The first kappa shape index (κ1) is 18.4. The van der Waals surface area contributed by atoms with Gasteiger partial charge in [0.25, 0.3) is 0 Å². The molecule has 1 fully saturated rings. The van der Waals surface area contributed by atoms with Crippen LogP contribution in [0.25, 0.3) is 16.6 Å². The molecule has 0 unspecified atom stereocenters. The Hall–Kier alpha value is -2.44. The lowest BCUT2D eigenvalue weighted by Gasteiger charge is -2.32. The van der Waals surface area contributed by atoms with Crippen molar-refractivity contribution in [3.63, 3.8) is 0 Å². The molecule has 1 aromatic carbocycles. The van der Waals surface area contributed by atoms with Crippen molar-refractivity contribution in [2.75, 3.05) is 0 Å². The van der Waals surface area contributed by atoms with Crippen LogP contribution < -0.4 is 5.73 Å².